The Morgan fingerprint density at radius 2 is 2.00 bits per heavy atom. The van der Waals surface area contributed by atoms with Crippen LogP contribution in [0.15, 0.2) is 22.2 Å². The van der Waals surface area contributed by atoms with Crippen molar-refractivity contribution in [3.63, 3.8) is 0 Å². The molecule has 1 heterocycles. The largest absolute Gasteiger partial charge is 0.478 e. The third-order valence-electron chi connectivity index (χ3n) is 2.44. The first-order valence-electron chi connectivity index (χ1n) is 4.87. The fourth-order valence-electron chi connectivity index (χ4n) is 1.61. The van der Waals surface area contributed by atoms with Gasteiger partial charge in [0.15, 0.2) is 0 Å². The molecular weight excluding hydrogens is 336 g/mol. The predicted octanol–water partition coefficient (Wildman–Crippen LogP) is 3.38. The topological polar surface area (TPSA) is 46.5 Å². The number of hydrogen-bond donors (Lipinski definition) is 1. The Labute approximate surface area is 112 Å². The molecule has 2 rings (SSSR count). The highest BCUT2D eigenvalue weighted by molar-refractivity contribution is 9.10. The summed E-state index contributed by atoms with van der Waals surface area (Å²) in [4.78, 5) is 10.8. The molecule has 0 aliphatic carbocycles. The molecule has 1 atom stereocenters. The number of hydrogen-bond acceptors (Lipinski definition) is 2. The van der Waals surface area contributed by atoms with Crippen molar-refractivity contribution in [2.24, 2.45) is 0 Å². The lowest BCUT2D eigenvalue weighted by Crippen LogP contribution is -2.40. The molecule has 0 radical (unpaired) electrons. The van der Waals surface area contributed by atoms with Crippen LogP contribution >= 0.6 is 15.9 Å². The molecule has 0 spiro atoms. The summed E-state index contributed by atoms with van der Waals surface area (Å²) >= 11 is 2.86. The average molecular weight is 341 g/mol. The molecule has 8 heteroatoms. The van der Waals surface area contributed by atoms with E-state index in [9.17, 15) is 22.4 Å². The molecule has 0 bridgehead atoms. The van der Waals surface area contributed by atoms with Crippen LogP contribution in [-0.4, -0.2) is 23.4 Å². The van der Waals surface area contributed by atoms with Gasteiger partial charge < -0.3 is 9.84 Å². The number of fused-ring (bicyclic) bond motifs is 1. The van der Waals surface area contributed by atoms with E-state index in [0.29, 0.717) is 0 Å². The van der Waals surface area contributed by atoms with Gasteiger partial charge in [-0.25, -0.2) is 9.18 Å². The molecule has 0 saturated carbocycles. The third kappa shape index (κ3) is 2.58. The van der Waals surface area contributed by atoms with Gasteiger partial charge in [0.05, 0.1) is 10.0 Å². The van der Waals surface area contributed by atoms with E-state index >= 15 is 0 Å². The van der Waals surface area contributed by atoms with Crippen LogP contribution in [0.3, 0.4) is 0 Å². The lowest BCUT2D eigenvalue weighted by atomic mass is 10.0. The van der Waals surface area contributed by atoms with Gasteiger partial charge in [-0.15, -0.1) is 0 Å². The van der Waals surface area contributed by atoms with Crippen molar-refractivity contribution < 1.29 is 32.2 Å². The first-order chi connectivity index (χ1) is 8.70. The molecule has 0 amide bonds. The monoisotopic (exact) mass is 340 g/mol. The summed E-state index contributed by atoms with van der Waals surface area (Å²) in [6.45, 7) is 0. The zero-order chi connectivity index (χ0) is 14.4. The van der Waals surface area contributed by atoms with Gasteiger partial charge in [0.1, 0.15) is 11.6 Å². The van der Waals surface area contributed by atoms with Crippen molar-refractivity contribution in [3.05, 3.63) is 33.6 Å². The molecule has 1 aliphatic rings. The Hall–Kier alpha value is -1.57. The summed E-state index contributed by atoms with van der Waals surface area (Å²) in [5, 5.41) is 8.79. The third-order valence-corrected chi connectivity index (χ3v) is 3.04. The van der Waals surface area contributed by atoms with Gasteiger partial charge in [-0.05, 0) is 28.1 Å². The summed E-state index contributed by atoms with van der Waals surface area (Å²) in [5.74, 6) is -2.90. The first kappa shape index (κ1) is 13.9. The number of carboxylic acids is 1. The standard InChI is InChI=1S/C11H5BrF4O3/c12-6-2-4-1-5(10(17)18)9(11(14,15)16)19-8(4)3-7(6)13/h1-3,9H,(H,17,18). The molecule has 1 unspecified atom stereocenters. The van der Waals surface area contributed by atoms with Gasteiger partial charge >= 0.3 is 12.1 Å². The van der Waals surface area contributed by atoms with Crippen molar-refractivity contribution in [3.8, 4) is 5.75 Å². The average Bonchev–Trinajstić information content (AvgIpc) is 2.27. The second-order valence-corrected chi connectivity index (χ2v) is 4.60. The second-order valence-electron chi connectivity index (χ2n) is 3.75. The van der Waals surface area contributed by atoms with Crippen molar-refractivity contribution in [1.82, 2.24) is 0 Å². The van der Waals surface area contributed by atoms with Crippen LogP contribution in [0.4, 0.5) is 17.6 Å². The van der Waals surface area contributed by atoms with Gasteiger partial charge in [-0.1, -0.05) is 0 Å². The van der Waals surface area contributed by atoms with Crippen molar-refractivity contribution in [2.75, 3.05) is 0 Å². The van der Waals surface area contributed by atoms with E-state index in [4.69, 9.17) is 5.11 Å². The number of carbonyl (C=O) groups is 1. The first-order valence-corrected chi connectivity index (χ1v) is 5.66. The molecule has 1 aromatic carbocycles. The van der Waals surface area contributed by atoms with E-state index in [1.54, 1.807) is 0 Å². The number of alkyl halides is 3. The van der Waals surface area contributed by atoms with E-state index in [2.05, 4.69) is 20.7 Å². The minimum absolute atomic E-state index is 0.00120. The van der Waals surface area contributed by atoms with Gasteiger partial charge in [0, 0.05) is 11.6 Å². The molecule has 0 fully saturated rings. The zero-order valence-electron chi connectivity index (χ0n) is 8.96. The van der Waals surface area contributed by atoms with Gasteiger partial charge in [0.25, 0.3) is 0 Å². The quantitative estimate of drug-likeness (QED) is 0.797. The smallest absolute Gasteiger partial charge is 0.430 e. The normalized spacial score (nSPS) is 18.4. The lowest BCUT2D eigenvalue weighted by molar-refractivity contribution is -0.187. The van der Waals surface area contributed by atoms with Gasteiger partial charge in [-0.2, -0.15) is 13.2 Å². The van der Waals surface area contributed by atoms with E-state index in [1.165, 1.54) is 0 Å². The Morgan fingerprint density at radius 3 is 2.53 bits per heavy atom. The second kappa shape index (κ2) is 4.52. The molecule has 1 aromatic rings. The van der Waals surface area contributed by atoms with Gasteiger partial charge in [-0.3, -0.25) is 0 Å². The van der Waals surface area contributed by atoms with Crippen LogP contribution in [0.5, 0.6) is 5.75 Å². The summed E-state index contributed by atoms with van der Waals surface area (Å²) in [6.07, 6.45) is -6.69. The molecule has 1 aliphatic heterocycles. The Kier molecular flexibility index (Phi) is 3.29. The molecule has 0 aromatic heterocycles. The highest BCUT2D eigenvalue weighted by atomic mass is 79.9. The Morgan fingerprint density at radius 1 is 1.37 bits per heavy atom. The van der Waals surface area contributed by atoms with E-state index in [1.807, 2.05) is 0 Å². The molecule has 102 valence electrons. The minimum Gasteiger partial charge on any atom is -0.478 e. The number of ether oxygens (including phenoxy) is 1. The summed E-state index contributed by atoms with van der Waals surface area (Å²) in [7, 11) is 0. The van der Waals surface area contributed by atoms with Gasteiger partial charge in [0.2, 0.25) is 6.10 Å². The summed E-state index contributed by atoms with van der Waals surface area (Å²) < 4.78 is 55.9. The Bertz CT molecular complexity index is 580. The van der Waals surface area contributed by atoms with Crippen LogP contribution in [0.1, 0.15) is 5.56 Å². The number of carboxylic acid groups (broad SMARTS) is 1. The number of benzene rings is 1. The highest BCUT2D eigenvalue weighted by Crippen LogP contribution is 2.38. The van der Waals surface area contributed by atoms with Crippen molar-refractivity contribution in [2.45, 2.75) is 12.3 Å². The molecule has 19 heavy (non-hydrogen) atoms. The SMILES string of the molecule is O=C(O)C1=Cc2cc(Br)c(F)cc2OC1C(F)(F)F. The van der Waals surface area contributed by atoms with Crippen LogP contribution in [0.2, 0.25) is 0 Å². The van der Waals surface area contributed by atoms with E-state index < -0.39 is 29.6 Å². The zero-order valence-corrected chi connectivity index (χ0v) is 10.5. The van der Waals surface area contributed by atoms with Crippen molar-refractivity contribution in [1.29, 1.82) is 0 Å². The maximum absolute atomic E-state index is 13.2. The van der Waals surface area contributed by atoms with Crippen LogP contribution < -0.4 is 4.74 Å². The lowest BCUT2D eigenvalue weighted by Gasteiger charge is -2.27. The van der Waals surface area contributed by atoms with Crippen LogP contribution in [0, 0.1) is 5.82 Å². The van der Waals surface area contributed by atoms with Crippen molar-refractivity contribution >= 4 is 28.0 Å². The number of halogens is 5. The molecule has 3 nitrogen and oxygen atoms in total. The minimum atomic E-state index is -4.90. The fourth-order valence-corrected chi connectivity index (χ4v) is 1.97. The Balaban J connectivity index is 2.57. The van der Waals surface area contributed by atoms with E-state index in [0.717, 1.165) is 18.2 Å². The predicted molar refractivity (Wildman–Crippen MR) is 60.2 cm³/mol. The fraction of sp³-hybridized carbons (Fsp3) is 0.182. The summed E-state index contributed by atoms with van der Waals surface area (Å²) in [6, 6.07) is 1.92. The maximum Gasteiger partial charge on any atom is 0.430 e. The molecular formula is C11H5BrF4O3. The number of rotatable bonds is 1. The van der Waals surface area contributed by atoms with E-state index in [-0.39, 0.29) is 15.8 Å². The molecule has 0 saturated heterocycles. The number of aliphatic carboxylic acids is 1. The maximum atomic E-state index is 13.2. The highest BCUT2D eigenvalue weighted by Gasteiger charge is 2.48. The van der Waals surface area contributed by atoms with Crippen LogP contribution in [0.25, 0.3) is 6.08 Å². The van der Waals surface area contributed by atoms with Crippen LogP contribution in [-0.2, 0) is 4.79 Å². The summed E-state index contributed by atoms with van der Waals surface area (Å²) in [5.41, 5.74) is -0.885. The molecule has 1 N–H and O–H groups in total.